The molecule has 0 heterocycles. The van der Waals surface area contributed by atoms with Gasteiger partial charge >= 0.3 is 5.97 Å². The van der Waals surface area contributed by atoms with Crippen LogP contribution in [0.5, 0.6) is 5.75 Å². The highest BCUT2D eigenvalue weighted by Crippen LogP contribution is 2.46. The van der Waals surface area contributed by atoms with Gasteiger partial charge in [0.15, 0.2) is 0 Å². The molecular formula is C15H17NO4. The van der Waals surface area contributed by atoms with E-state index in [0.717, 1.165) is 5.56 Å². The lowest BCUT2D eigenvalue weighted by atomic mass is 10.1. The topological polar surface area (TPSA) is 75.6 Å². The molecule has 1 aromatic rings. The molecule has 2 rings (SSSR count). The van der Waals surface area contributed by atoms with E-state index in [1.54, 1.807) is 12.1 Å². The van der Waals surface area contributed by atoms with E-state index in [0.29, 0.717) is 25.2 Å². The Morgan fingerprint density at radius 1 is 1.40 bits per heavy atom. The van der Waals surface area contributed by atoms with Gasteiger partial charge in [-0.3, -0.25) is 9.59 Å². The van der Waals surface area contributed by atoms with Crippen LogP contribution in [0.3, 0.4) is 0 Å². The van der Waals surface area contributed by atoms with Crippen LogP contribution in [-0.4, -0.2) is 23.6 Å². The number of hydrogen-bond acceptors (Lipinski definition) is 3. The highest BCUT2D eigenvalue weighted by atomic mass is 16.5. The quantitative estimate of drug-likeness (QED) is 0.587. The summed E-state index contributed by atoms with van der Waals surface area (Å²) in [6.45, 7) is 4.21. The van der Waals surface area contributed by atoms with Crippen LogP contribution in [0.25, 0.3) is 0 Å². The Hall–Kier alpha value is -2.30. The molecule has 0 aliphatic heterocycles. The number of carbonyl (C=O) groups is 2. The van der Waals surface area contributed by atoms with Crippen LogP contribution in [-0.2, 0) is 16.1 Å². The lowest BCUT2D eigenvalue weighted by Gasteiger charge is -2.13. The average Bonchev–Trinajstić information content (AvgIpc) is 3.25. The summed E-state index contributed by atoms with van der Waals surface area (Å²) in [7, 11) is 0. The number of amides is 1. The number of rotatable bonds is 7. The lowest BCUT2D eigenvalue weighted by Crippen LogP contribution is -2.36. The van der Waals surface area contributed by atoms with E-state index in [-0.39, 0.29) is 6.54 Å². The van der Waals surface area contributed by atoms with Gasteiger partial charge in [0.2, 0.25) is 5.91 Å². The number of para-hydroxylation sites is 1. The number of carboxylic acid groups (broad SMARTS) is 1. The van der Waals surface area contributed by atoms with Crippen molar-refractivity contribution in [3.63, 3.8) is 0 Å². The number of carboxylic acids is 1. The van der Waals surface area contributed by atoms with Gasteiger partial charge in [0.25, 0.3) is 0 Å². The minimum absolute atomic E-state index is 0.251. The summed E-state index contributed by atoms with van der Waals surface area (Å²) < 4.78 is 5.48. The van der Waals surface area contributed by atoms with Crippen LogP contribution >= 0.6 is 0 Å². The van der Waals surface area contributed by atoms with E-state index < -0.39 is 17.3 Å². The third-order valence-corrected chi connectivity index (χ3v) is 3.36. The summed E-state index contributed by atoms with van der Waals surface area (Å²) in [6, 6.07) is 7.31. The molecule has 0 atom stereocenters. The van der Waals surface area contributed by atoms with Crippen LogP contribution < -0.4 is 10.1 Å². The van der Waals surface area contributed by atoms with E-state index in [9.17, 15) is 9.59 Å². The maximum atomic E-state index is 11.9. The Labute approximate surface area is 117 Å². The van der Waals surface area contributed by atoms with Crippen molar-refractivity contribution in [1.29, 1.82) is 0 Å². The molecule has 2 N–H and O–H groups in total. The van der Waals surface area contributed by atoms with Crippen molar-refractivity contribution in [1.82, 2.24) is 5.32 Å². The first-order valence-electron chi connectivity index (χ1n) is 6.43. The molecule has 5 heteroatoms. The maximum Gasteiger partial charge on any atom is 0.319 e. The van der Waals surface area contributed by atoms with Crippen LogP contribution in [0, 0.1) is 5.41 Å². The first-order chi connectivity index (χ1) is 9.60. The summed E-state index contributed by atoms with van der Waals surface area (Å²) in [4.78, 5) is 23.0. The molecule has 0 spiro atoms. The highest BCUT2D eigenvalue weighted by Gasteiger charge is 2.56. The fourth-order valence-electron chi connectivity index (χ4n) is 1.95. The third-order valence-electron chi connectivity index (χ3n) is 3.36. The summed E-state index contributed by atoms with van der Waals surface area (Å²) in [5.74, 6) is -0.817. The van der Waals surface area contributed by atoms with E-state index >= 15 is 0 Å². The molecule has 1 amide bonds. The number of benzene rings is 1. The predicted octanol–water partition coefficient (Wildman–Crippen LogP) is 1.73. The molecule has 0 unspecified atom stereocenters. The first-order valence-corrected chi connectivity index (χ1v) is 6.43. The fourth-order valence-corrected chi connectivity index (χ4v) is 1.95. The van der Waals surface area contributed by atoms with Gasteiger partial charge in [0, 0.05) is 12.1 Å². The number of hydrogen-bond donors (Lipinski definition) is 2. The molecule has 0 bridgehead atoms. The Balaban J connectivity index is 1.99. The Bertz CT molecular complexity index is 534. The van der Waals surface area contributed by atoms with Gasteiger partial charge in [-0.2, -0.15) is 0 Å². The summed E-state index contributed by atoms with van der Waals surface area (Å²) in [6.07, 6.45) is 2.45. The normalized spacial score (nSPS) is 15.2. The van der Waals surface area contributed by atoms with E-state index in [2.05, 4.69) is 11.9 Å². The zero-order chi connectivity index (χ0) is 14.6. The minimum Gasteiger partial charge on any atom is -0.489 e. The largest absolute Gasteiger partial charge is 0.489 e. The van der Waals surface area contributed by atoms with Crippen molar-refractivity contribution in [3.05, 3.63) is 42.5 Å². The molecule has 0 aromatic heterocycles. The molecule has 20 heavy (non-hydrogen) atoms. The van der Waals surface area contributed by atoms with Gasteiger partial charge in [0.1, 0.15) is 17.8 Å². The molecule has 5 nitrogen and oxygen atoms in total. The van der Waals surface area contributed by atoms with E-state index in [1.165, 1.54) is 0 Å². The standard InChI is InChI=1S/C15H17NO4/c1-2-9-20-12-6-4-3-5-11(12)10-16-13(17)15(7-8-15)14(18)19/h2-6H,1,7-10H2,(H,16,17)(H,18,19). The van der Waals surface area contributed by atoms with Crippen LogP contribution in [0.1, 0.15) is 18.4 Å². The molecular weight excluding hydrogens is 258 g/mol. The molecule has 1 aliphatic carbocycles. The van der Waals surface area contributed by atoms with E-state index in [1.807, 2.05) is 18.2 Å². The van der Waals surface area contributed by atoms with Crippen LogP contribution in [0.15, 0.2) is 36.9 Å². The molecule has 0 radical (unpaired) electrons. The first kappa shape index (κ1) is 14.1. The van der Waals surface area contributed by atoms with E-state index in [4.69, 9.17) is 9.84 Å². The molecule has 1 fully saturated rings. The smallest absolute Gasteiger partial charge is 0.319 e. The fraction of sp³-hybridized carbons (Fsp3) is 0.333. The van der Waals surface area contributed by atoms with Crippen LogP contribution in [0.2, 0.25) is 0 Å². The minimum atomic E-state index is -1.21. The summed E-state index contributed by atoms with van der Waals surface area (Å²) in [5, 5.41) is 11.7. The zero-order valence-corrected chi connectivity index (χ0v) is 11.1. The molecule has 106 valence electrons. The number of aliphatic carboxylic acids is 1. The van der Waals surface area contributed by atoms with Gasteiger partial charge in [-0.15, -0.1) is 0 Å². The van der Waals surface area contributed by atoms with Gasteiger partial charge in [0.05, 0.1) is 0 Å². The van der Waals surface area contributed by atoms with Gasteiger partial charge in [-0.1, -0.05) is 30.9 Å². The summed E-state index contributed by atoms with van der Waals surface area (Å²) in [5.41, 5.74) is -0.402. The number of nitrogens with one attached hydrogen (secondary N) is 1. The Morgan fingerprint density at radius 2 is 2.10 bits per heavy atom. The Morgan fingerprint density at radius 3 is 2.70 bits per heavy atom. The average molecular weight is 275 g/mol. The van der Waals surface area contributed by atoms with Gasteiger partial charge < -0.3 is 15.2 Å². The zero-order valence-electron chi connectivity index (χ0n) is 11.1. The second kappa shape index (κ2) is 5.77. The lowest BCUT2D eigenvalue weighted by molar-refractivity contribution is -0.149. The van der Waals surface area contributed by atoms with Gasteiger partial charge in [-0.25, -0.2) is 0 Å². The van der Waals surface area contributed by atoms with Crippen molar-refractivity contribution >= 4 is 11.9 Å². The second-order valence-electron chi connectivity index (χ2n) is 4.78. The van der Waals surface area contributed by atoms with Crippen molar-refractivity contribution in [2.24, 2.45) is 5.41 Å². The number of ether oxygens (including phenoxy) is 1. The highest BCUT2D eigenvalue weighted by molar-refractivity contribution is 6.04. The second-order valence-corrected chi connectivity index (χ2v) is 4.78. The summed E-state index contributed by atoms with van der Waals surface area (Å²) >= 11 is 0. The van der Waals surface area contributed by atoms with Crippen molar-refractivity contribution in [3.8, 4) is 5.75 Å². The van der Waals surface area contributed by atoms with Crippen LogP contribution in [0.4, 0.5) is 0 Å². The maximum absolute atomic E-state index is 11.9. The third kappa shape index (κ3) is 2.82. The van der Waals surface area contributed by atoms with Gasteiger partial charge in [-0.05, 0) is 18.9 Å². The van der Waals surface area contributed by atoms with Crippen molar-refractivity contribution in [2.75, 3.05) is 6.61 Å². The predicted molar refractivity (Wildman–Crippen MR) is 73.3 cm³/mol. The molecule has 1 aliphatic rings. The Kier molecular flexibility index (Phi) is 4.08. The van der Waals surface area contributed by atoms with Crippen molar-refractivity contribution < 1.29 is 19.4 Å². The molecule has 1 aromatic carbocycles. The molecule has 0 saturated heterocycles. The monoisotopic (exact) mass is 275 g/mol. The van der Waals surface area contributed by atoms with Crippen molar-refractivity contribution in [2.45, 2.75) is 19.4 Å². The SMILES string of the molecule is C=CCOc1ccccc1CNC(=O)C1(C(=O)O)CC1. The molecule has 1 saturated carbocycles. The number of carbonyl (C=O) groups excluding carboxylic acids is 1.